The third-order valence-electron chi connectivity index (χ3n) is 1.99. The van der Waals surface area contributed by atoms with E-state index in [0.29, 0.717) is 6.04 Å². The molecule has 1 aliphatic heterocycles. The lowest BCUT2D eigenvalue weighted by Gasteiger charge is -2.26. The van der Waals surface area contributed by atoms with Gasteiger partial charge in [0.05, 0.1) is 6.04 Å². The highest BCUT2D eigenvalue weighted by molar-refractivity contribution is 5.15. The van der Waals surface area contributed by atoms with Crippen molar-refractivity contribution in [2.75, 3.05) is 0 Å². The summed E-state index contributed by atoms with van der Waals surface area (Å²) in [6.45, 7) is 4.27. The Morgan fingerprint density at radius 2 is 2.25 bits per heavy atom. The van der Waals surface area contributed by atoms with Crippen LogP contribution in [-0.4, -0.2) is 10.9 Å². The lowest BCUT2D eigenvalue weighted by molar-refractivity contribution is 0.395. The highest BCUT2D eigenvalue weighted by Gasteiger charge is 2.09. The first-order valence-corrected chi connectivity index (χ1v) is 4.63. The van der Waals surface area contributed by atoms with Crippen LogP contribution >= 0.6 is 0 Å². The Balaban J connectivity index is 2.57. The summed E-state index contributed by atoms with van der Waals surface area (Å²) < 4.78 is 0. The molecule has 0 aromatic heterocycles. The summed E-state index contributed by atoms with van der Waals surface area (Å²) in [4.78, 5) is 2.25. The molecule has 1 atom stereocenters. The van der Waals surface area contributed by atoms with Crippen LogP contribution in [0.3, 0.4) is 0 Å². The maximum atomic E-state index is 2.25. The number of allylic oxidation sites excluding steroid dienone is 3. The third-order valence-corrected chi connectivity index (χ3v) is 1.99. The monoisotopic (exact) mass is 163 g/mol. The van der Waals surface area contributed by atoms with Gasteiger partial charge in [0.1, 0.15) is 0 Å². The number of hydrogen-bond acceptors (Lipinski definition) is 1. The van der Waals surface area contributed by atoms with Crippen molar-refractivity contribution in [3.8, 4) is 0 Å². The van der Waals surface area contributed by atoms with E-state index in [4.69, 9.17) is 0 Å². The van der Waals surface area contributed by atoms with Gasteiger partial charge >= 0.3 is 0 Å². The Hall–Kier alpha value is -0.980. The average Bonchev–Trinajstić information content (AvgIpc) is 2.09. The maximum absolute atomic E-state index is 2.25. The Labute approximate surface area is 75.1 Å². The molecule has 0 saturated heterocycles. The summed E-state index contributed by atoms with van der Waals surface area (Å²) in [6.07, 6.45) is 15.2. The molecule has 0 aromatic carbocycles. The van der Waals surface area contributed by atoms with Gasteiger partial charge in [-0.25, -0.2) is 0 Å². The topological polar surface area (TPSA) is 3.24 Å². The molecular weight excluding hydrogens is 146 g/mol. The summed E-state index contributed by atoms with van der Waals surface area (Å²) in [7, 11) is 0. The van der Waals surface area contributed by atoms with Crippen LogP contribution in [0.15, 0.2) is 36.7 Å². The molecule has 1 heteroatoms. The minimum atomic E-state index is 0.566. The summed E-state index contributed by atoms with van der Waals surface area (Å²) in [5.74, 6) is 0. The molecule has 0 aromatic rings. The van der Waals surface area contributed by atoms with Crippen LogP contribution in [0, 0.1) is 0 Å². The van der Waals surface area contributed by atoms with Gasteiger partial charge < -0.3 is 4.90 Å². The fourth-order valence-corrected chi connectivity index (χ4v) is 1.42. The molecule has 0 amide bonds. The SMILES string of the molecule is C/C=C\N1C=CC=CC1CCC. The highest BCUT2D eigenvalue weighted by Crippen LogP contribution is 2.13. The van der Waals surface area contributed by atoms with Crippen LogP contribution in [-0.2, 0) is 0 Å². The van der Waals surface area contributed by atoms with Crippen molar-refractivity contribution < 1.29 is 0 Å². The first-order valence-electron chi connectivity index (χ1n) is 4.63. The van der Waals surface area contributed by atoms with Crippen molar-refractivity contribution in [1.29, 1.82) is 0 Å². The van der Waals surface area contributed by atoms with E-state index < -0.39 is 0 Å². The first kappa shape index (κ1) is 9.11. The minimum Gasteiger partial charge on any atom is -0.348 e. The standard InChI is InChI=1S/C11H17N/c1-3-7-11-8-5-6-10-12(11)9-4-2/h4-6,8-11H,3,7H2,1-2H3/b9-4-. The van der Waals surface area contributed by atoms with Gasteiger partial charge in [-0.15, -0.1) is 0 Å². The molecule has 0 aliphatic carbocycles. The van der Waals surface area contributed by atoms with E-state index in [1.807, 2.05) is 0 Å². The molecule has 1 heterocycles. The lowest BCUT2D eigenvalue weighted by atomic mass is 10.1. The summed E-state index contributed by atoms with van der Waals surface area (Å²) in [6, 6.07) is 0.566. The summed E-state index contributed by atoms with van der Waals surface area (Å²) >= 11 is 0. The van der Waals surface area contributed by atoms with Gasteiger partial charge in [0.25, 0.3) is 0 Å². The van der Waals surface area contributed by atoms with Gasteiger partial charge in [-0.3, -0.25) is 0 Å². The van der Waals surface area contributed by atoms with Crippen LogP contribution in [0.1, 0.15) is 26.7 Å². The van der Waals surface area contributed by atoms with Crippen molar-refractivity contribution in [3.63, 3.8) is 0 Å². The molecule has 12 heavy (non-hydrogen) atoms. The first-order chi connectivity index (χ1) is 5.88. The Kier molecular flexibility index (Phi) is 3.65. The van der Waals surface area contributed by atoms with Crippen molar-refractivity contribution in [3.05, 3.63) is 36.7 Å². The molecule has 0 spiro atoms. The highest BCUT2D eigenvalue weighted by atomic mass is 15.1. The molecular formula is C11H17N. The zero-order chi connectivity index (χ0) is 8.81. The second kappa shape index (κ2) is 4.81. The molecule has 0 bridgehead atoms. The molecule has 66 valence electrons. The van der Waals surface area contributed by atoms with Crippen molar-refractivity contribution in [1.82, 2.24) is 4.90 Å². The molecule has 0 radical (unpaired) electrons. The zero-order valence-corrected chi connectivity index (χ0v) is 7.90. The van der Waals surface area contributed by atoms with E-state index in [-0.39, 0.29) is 0 Å². The fraction of sp³-hybridized carbons (Fsp3) is 0.455. The van der Waals surface area contributed by atoms with Crippen LogP contribution in [0.2, 0.25) is 0 Å². The van der Waals surface area contributed by atoms with Crippen molar-refractivity contribution in [2.45, 2.75) is 32.7 Å². The molecule has 1 nitrogen and oxygen atoms in total. The average molecular weight is 163 g/mol. The Bertz CT molecular complexity index is 201. The van der Waals surface area contributed by atoms with Crippen LogP contribution in [0.4, 0.5) is 0 Å². The summed E-state index contributed by atoms with van der Waals surface area (Å²) in [5, 5.41) is 0. The third kappa shape index (κ3) is 2.26. The van der Waals surface area contributed by atoms with E-state index >= 15 is 0 Å². The smallest absolute Gasteiger partial charge is 0.0513 e. The van der Waals surface area contributed by atoms with Gasteiger partial charge in [0, 0.05) is 6.20 Å². The number of nitrogens with zero attached hydrogens (tertiary/aromatic N) is 1. The second-order valence-corrected chi connectivity index (χ2v) is 3.01. The lowest BCUT2D eigenvalue weighted by Crippen LogP contribution is -2.25. The predicted octanol–water partition coefficient (Wildman–Crippen LogP) is 3.07. The van der Waals surface area contributed by atoms with Gasteiger partial charge in [-0.2, -0.15) is 0 Å². The van der Waals surface area contributed by atoms with E-state index in [9.17, 15) is 0 Å². The number of rotatable bonds is 3. The largest absolute Gasteiger partial charge is 0.348 e. The molecule has 0 N–H and O–H groups in total. The second-order valence-electron chi connectivity index (χ2n) is 3.01. The van der Waals surface area contributed by atoms with Crippen LogP contribution in [0.5, 0.6) is 0 Å². The molecule has 1 rings (SSSR count). The molecule has 1 unspecified atom stereocenters. The molecule has 1 aliphatic rings. The Morgan fingerprint density at radius 1 is 1.42 bits per heavy atom. The van der Waals surface area contributed by atoms with Gasteiger partial charge in [-0.1, -0.05) is 31.6 Å². The predicted molar refractivity (Wildman–Crippen MR) is 53.6 cm³/mol. The van der Waals surface area contributed by atoms with E-state index in [0.717, 1.165) is 0 Å². The summed E-state index contributed by atoms with van der Waals surface area (Å²) in [5.41, 5.74) is 0. The van der Waals surface area contributed by atoms with Crippen LogP contribution in [0.25, 0.3) is 0 Å². The maximum Gasteiger partial charge on any atom is 0.0513 e. The van der Waals surface area contributed by atoms with Crippen molar-refractivity contribution >= 4 is 0 Å². The number of hydrogen-bond donors (Lipinski definition) is 0. The quantitative estimate of drug-likeness (QED) is 0.618. The van der Waals surface area contributed by atoms with E-state index in [1.165, 1.54) is 12.8 Å². The molecule has 0 saturated carbocycles. The van der Waals surface area contributed by atoms with Crippen LogP contribution < -0.4 is 0 Å². The van der Waals surface area contributed by atoms with E-state index in [2.05, 4.69) is 55.5 Å². The Morgan fingerprint density at radius 3 is 2.92 bits per heavy atom. The zero-order valence-electron chi connectivity index (χ0n) is 7.90. The molecule has 0 fully saturated rings. The fourth-order valence-electron chi connectivity index (χ4n) is 1.42. The van der Waals surface area contributed by atoms with E-state index in [1.54, 1.807) is 0 Å². The van der Waals surface area contributed by atoms with Gasteiger partial charge in [0.2, 0.25) is 0 Å². The van der Waals surface area contributed by atoms with Gasteiger partial charge in [0.15, 0.2) is 0 Å². The minimum absolute atomic E-state index is 0.566. The van der Waals surface area contributed by atoms with Gasteiger partial charge in [-0.05, 0) is 25.6 Å². The van der Waals surface area contributed by atoms with Crippen molar-refractivity contribution in [2.24, 2.45) is 0 Å². The normalized spacial score (nSPS) is 22.5.